The Morgan fingerprint density at radius 1 is 1.00 bits per heavy atom. The second-order valence-electron chi connectivity index (χ2n) is 7.71. The summed E-state index contributed by atoms with van der Waals surface area (Å²) in [6.45, 7) is 23.6. The number of hydrogen-bond acceptors (Lipinski definition) is 2. The van der Waals surface area contributed by atoms with Crippen LogP contribution in [0.15, 0.2) is 4.99 Å². The maximum absolute atomic E-state index is 4.75. The van der Waals surface area contributed by atoms with Gasteiger partial charge < -0.3 is 4.23 Å². The van der Waals surface area contributed by atoms with Crippen LogP contribution in [0.5, 0.6) is 0 Å². The second-order valence-corrected chi connectivity index (χ2v) is 17.9. The number of nitrogens with zero attached hydrogens (tertiary/aromatic N) is 2. The van der Waals surface area contributed by atoms with Gasteiger partial charge in [0.05, 0.1) is 6.54 Å². The van der Waals surface area contributed by atoms with Gasteiger partial charge in [0, 0.05) is 12.3 Å². The Morgan fingerprint density at radius 3 is 1.78 bits per heavy atom. The molecule has 0 rings (SSSR count). The minimum Gasteiger partial charge on any atom is -0.344 e. The van der Waals surface area contributed by atoms with Gasteiger partial charge in [0.1, 0.15) is 16.5 Å². The molecule has 0 aliphatic heterocycles. The first-order chi connectivity index (χ1) is 7.94. The van der Waals surface area contributed by atoms with E-state index in [0.29, 0.717) is 0 Å². The van der Waals surface area contributed by atoms with Gasteiger partial charge in [-0.3, -0.25) is 4.99 Å². The molecule has 0 saturated heterocycles. The largest absolute Gasteiger partial charge is 0.344 e. The van der Waals surface area contributed by atoms with E-state index in [-0.39, 0.29) is 0 Å². The summed E-state index contributed by atoms with van der Waals surface area (Å²) in [5.74, 6) is 0.721. The predicted octanol–water partition coefficient (Wildman–Crippen LogP) is 4.47. The van der Waals surface area contributed by atoms with Crippen molar-refractivity contribution >= 4 is 22.2 Å². The van der Waals surface area contributed by atoms with Crippen LogP contribution in [0.1, 0.15) is 27.2 Å². The van der Waals surface area contributed by atoms with Crippen LogP contribution < -0.4 is 0 Å². The molecule has 2 nitrogen and oxygen atoms in total. The van der Waals surface area contributed by atoms with Crippen LogP contribution in [0.25, 0.3) is 0 Å². The van der Waals surface area contributed by atoms with Crippen molar-refractivity contribution in [2.75, 3.05) is 13.1 Å². The highest BCUT2D eigenvalue weighted by atomic mass is 28.4. The lowest BCUT2D eigenvalue weighted by molar-refractivity contribution is 0.618. The molecule has 0 aromatic heterocycles. The molecular weight excluding hydrogens is 252 g/mol. The highest BCUT2D eigenvalue weighted by molar-refractivity contribution is 6.89. The average molecular weight is 287 g/mol. The van der Waals surface area contributed by atoms with Gasteiger partial charge in [-0.25, -0.2) is 0 Å². The molecule has 0 unspecified atom stereocenters. The molecular formula is C14H34N2Si2. The Kier molecular flexibility index (Phi) is 7.03. The number of aliphatic imine (C=N–C) groups is 1. The number of rotatable bonds is 7. The van der Waals surface area contributed by atoms with Crippen molar-refractivity contribution in [1.82, 2.24) is 4.23 Å². The van der Waals surface area contributed by atoms with Gasteiger partial charge in [-0.1, -0.05) is 53.1 Å². The summed E-state index contributed by atoms with van der Waals surface area (Å²) in [7, 11) is -2.40. The van der Waals surface area contributed by atoms with E-state index in [1.807, 2.05) is 0 Å². The monoisotopic (exact) mass is 286 g/mol. The Hall–Kier alpha value is 0.0638. The van der Waals surface area contributed by atoms with Crippen molar-refractivity contribution in [2.45, 2.75) is 66.5 Å². The molecule has 0 atom stereocenters. The van der Waals surface area contributed by atoms with Crippen molar-refractivity contribution in [3.8, 4) is 0 Å². The van der Waals surface area contributed by atoms with Crippen molar-refractivity contribution in [2.24, 2.45) is 10.9 Å². The van der Waals surface area contributed by atoms with E-state index in [2.05, 4.69) is 64.3 Å². The summed E-state index contributed by atoms with van der Waals surface area (Å²) in [5.41, 5.74) is 1.32. The summed E-state index contributed by atoms with van der Waals surface area (Å²) < 4.78 is 2.81. The average Bonchev–Trinajstić information content (AvgIpc) is 2.06. The minimum absolute atomic E-state index is 0.721. The Morgan fingerprint density at radius 2 is 1.44 bits per heavy atom. The zero-order chi connectivity index (χ0) is 14.6. The fourth-order valence-corrected chi connectivity index (χ4v) is 12.3. The van der Waals surface area contributed by atoms with Crippen LogP contribution >= 0.6 is 0 Å². The molecule has 0 aliphatic carbocycles. The molecule has 0 heterocycles. The molecule has 0 fully saturated rings. The van der Waals surface area contributed by atoms with Crippen LogP contribution in [-0.4, -0.2) is 39.5 Å². The summed E-state index contributed by atoms with van der Waals surface area (Å²) in [4.78, 5) is 4.75. The summed E-state index contributed by atoms with van der Waals surface area (Å²) >= 11 is 0. The first-order valence-electron chi connectivity index (χ1n) is 7.22. The van der Waals surface area contributed by atoms with E-state index in [1.54, 1.807) is 0 Å². The normalized spacial score (nSPS) is 14.7. The third-order valence-corrected chi connectivity index (χ3v) is 10.7. The number of hydrogen-bond donors (Lipinski definition) is 0. The van der Waals surface area contributed by atoms with E-state index in [9.17, 15) is 0 Å². The van der Waals surface area contributed by atoms with Gasteiger partial charge in [-0.15, -0.1) is 0 Å². The summed E-state index contributed by atoms with van der Waals surface area (Å²) in [5, 5.41) is 0. The third-order valence-electron chi connectivity index (χ3n) is 3.03. The zero-order valence-corrected chi connectivity index (χ0v) is 16.1. The zero-order valence-electron chi connectivity index (χ0n) is 14.1. The molecule has 0 radical (unpaired) electrons. The van der Waals surface area contributed by atoms with Crippen LogP contribution in [-0.2, 0) is 0 Å². The standard InChI is InChI=1S/C14H34N2Si2/c1-13(2)12-14(3)15-10-11-16(17(4,5)6)18(7,8)9/h13H,10-12H2,1-9H3. The van der Waals surface area contributed by atoms with Gasteiger partial charge in [-0.2, -0.15) is 0 Å². The lowest BCUT2D eigenvalue weighted by Gasteiger charge is -2.43. The maximum Gasteiger partial charge on any atom is 0.112 e. The van der Waals surface area contributed by atoms with Crippen LogP contribution in [0, 0.1) is 5.92 Å². The molecule has 0 aromatic carbocycles. The second kappa shape index (κ2) is 7.01. The highest BCUT2D eigenvalue weighted by Crippen LogP contribution is 2.19. The molecule has 4 heteroatoms. The minimum atomic E-state index is -1.20. The first-order valence-corrected chi connectivity index (χ1v) is 14.1. The molecule has 0 amide bonds. The topological polar surface area (TPSA) is 15.6 Å². The van der Waals surface area contributed by atoms with Gasteiger partial charge in [0.2, 0.25) is 0 Å². The van der Waals surface area contributed by atoms with Gasteiger partial charge in [0.15, 0.2) is 0 Å². The third kappa shape index (κ3) is 7.49. The van der Waals surface area contributed by atoms with Crippen LogP contribution in [0.2, 0.25) is 39.3 Å². The molecule has 108 valence electrons. The lowest BCUT2D eigenvalue weighted by atomic mass is 10.1. The molecule has 0 N–H and O–H groups in total. The fourth-order valence-electron chi connectivity index (χ4n) is 2.67. The van der Waals surface area contributed by atoms with E-state index < -0.39 is 16.5 Å². The fraction of sp³-hybridized carbons (Fsp3) is 0.929. The van der Waals surface area contributed by atoms with E-state index in [4.69, 9.17) is 4.99 Å². The van der Waals surface area contributed by atoms with Crippen molar-refractivity contribution in [3.63, 3.8) is 0 Å². The van der Waals surface area contributed by atoms with Crippen LogP contribution in [0.3, 0.4) is 0 Å². The van der Waals surface area contributed by atoms with E-state index in [1.165, 1.54) is 5.71 Å². The SMILES string of the molecule is CC(CC(C)C)=NCCN([Si](C)(C)C)[Si](C)(C)C. The molecule has 0 spiro atoms. The molecule has 18 heavy (non-hydrogen) atoms. The van der Waals surface area contributed by atoms with Crippen molar-refractivity contribution in [3.05, 3.63) is 0 Å². The Balaban J connectivity index is 4.48. The van der Waals surface area contributed by atoms with Crippen molar-refractivity contribution < 1.29 is 0 Å². The quantitative estimate of drug-likeness (QED) is 0.498. The first kappa shape index (κ1) is 18.1. The van der Waals surface area contributed by atoms with E-state index >= 15 is 0 Å². The molecule has 0 aliphatic rings. The smallest absolute Gasteiger partial charge is 0.112 e. The Labute approximate surface area is 117 Å². The molecule has 0 saturated carbocycles. The maximum atomic E-state index is 4.75. The predicted molar refractivity (Wildman–Crippen MR) is 90.8 cm³/mol. The Bertz CT molecular complexity index is 258. The summed E-state index contributed by atoms with van der Waals surface area (Å²) in [6.07, 6.45) is 1.14. The van der Waals surface area contributed by atoms with E-state index in [0.717, 1.165) is 25.4 Å². The highest BCUT2D eigenvalue weighted by Gasteiger charge is 2.33. The van der Waals surface area contributed by atoms with Gasteiger partial charge in [-0.05, 0) is 19.3 Å². The van der Waals surface area contributed by atoms with Crippen LogP contribution in [0.4, 0.5) is 0 Å². The molecule has 0 bridgehead atoms. The van der Waals surface area contributed by atoms with Gasteiger partial charge in [0.25, 0.3) is 0 Å². The van der Waals surface area contributed by atoms with Crippen molar-refractivity contribution in [1.29, 1.82) is 0 Å². The van der Waals surface area contributed by atoms with Gasteiger partial charge >= 0.3 is 0 Å². The molecule has 0 aromatic rings. The summed E-state index contributed by atoms with van der Waals surface area (Å²) in [6, 6.07) is 0. The lowest BCUT2D eigenvalue weighted by Crippen LogP contribution is -2.59.